The van der Waals surface area contributed by atoms with Crippen LogP contribution in [-0.2, 0) is 4.74 Å². The summed E-state index contributed by atoms with van der Waals surface area (Å²) in [7, 11) is 0. The van der Waals surface area contributed by atoms with E-state index in [1.807, 2.05) is 6.07 Å². The molecule has 1 unspecified atom stereocenters. The molecular weight excluding hydrogens is 274 g/mol. The van der Waals surface area contributed by atoms with E-state index in [2.05, 4.69) is 25.8 Å². The molecular formula is C10H12BrN3O2. The van der Waals surface area contributed by atoms with Gasteiger partial charge in [0.1, 0.15) is 6.10 Å². The minimum atomic E-state index is -0.709. The summed E-state index contributed by atoms with van der Waals surface area (Å²) in [6.07, 6.45) is 3.50. The molecule has 1 aromatic rings. The molecule has 6 heteroatoms. The highest BCUT2D eigenvalue weighted by Gasteiger charge is 2.25. The second kappa shape index (κ2) is 4.69. The molecule has 86 valence electrons. The number of carbonyl (C=O) groups excluding carboxylic acids is 1. The van der Waals surface area contributed by atoms with E-state index in [0.29, 0.717) is 6.54 Å². The third-order valence-corrected chi connectivity index (χ3v) is 2.92. The molecule has 0 aliphatic carbocycles. The summed E-state index contributed by atoms with van der Waals surface area (Å²) < 4.78 is 5.89. The summed E-state index contributed by atoms with van der Waals surface area (Å²) in [4.78, 5) is 16.8. The lowest BCUT2D eigenvalue weighted by Gasteiger charge is -2.17. The van der Waals surface area contributed by atoms with Gasteiger partial charge in [0.25, 0.3) is 0 Å². The predicted octanol–water partition coefficient (Wildman–Crippen LogP) is 1.52. The van der Waals surface area contributed by atoms with Crippen molar-refractivity contribution in [1.29, 1.82) is 0 Å². The fourth-order valence-electron chi connectivity index (χ4n) is 1.80. The van der Waals surface area contributed by atoms with Crippen LogP contribution < -0.4 is 10.6 Å². The highest BCUT2D eigenvalue weighted by molar-refractivity contribution is 9.10. The summed E-state index contributed by atoms with van der Waals surface area (Å²) >= 11 is 3.37. The number of hydrogen-bond acceptors (Lipinski definition) is 4. The molecule has 2 rings (SSSR count). The predicted molar refractivity (Wildman–Crippen MR) is 63.2 cm³/mol. The number of amides is 1. The van der Waals surface area contributed by atoms with Crippen molar-refractivity contribution in [3.63, 3.8) is 0 Å². The molecule has 1 amide bonds. The maximum absolute atomic E-state index is 10.6. The SMILES string of the molecule is NC(=O)OC1CCN(c2cncc(Br)c2)C1. The number of ether oxygens (including phenoxy) is 1. The van der Waals surface area contributed by atoms with Crippen LogP contribution in [0.1, 0.15) is 6.42 Å². The lowest BCUT2D eigenvalue weighted by atomic mass is 10.3. The van der Waals surface area contributed by atoms with Gasteiger partial charge in [0, 0.05) is 23.6 Å². The molecule has 0 saturated carbocycles. The Hall–Kier alpha value is -1.30. The van der Waals surface area contributed by atoms with E-state index in [1.165, 1.54) is 0 Å². The summed E-state index contributed by atoms with van der Waals surface area (Å²) in [5.41, 5.74) is 6.00. The molecule has 1 fully saturated rings. The van der Waals surface area contributed by atoms with E-state index < -0.39 is 6.09 Å². The fourth-order valence-corrected chi connectivity index (χ4v) is 2.15. The first-order valence-corrected chi connectivity index (χ1v) is 5.76. The van der Waals surface area contributed by atoms with E-state index in [1.54, 1.807) is 12.4 Å². The summed E-state index contributed by atoms with van der Waals surface area (Å²) in [6.45, 7) is 1.51. The van der Waals surface area contributed by atoms with Crippen molar-refractivity contribution in [2.45, 2.75) is 12.5 Å². The number of aromatic nitrogens is 1. The van der Waals surface area contributed by atoms with E-state index in [0.717, 1.165) is 23.1 Å². The first kappa shape index (κ1) is 11.2. The lowest BCUT2D eigenvalue weighted by Crippen LogP contribution is -2.26. The van der Waals surface area contributed by atoms with Gasteiger partial charge < -0.3 is 15.4 Å². The van der Waals surface area contributed by atoms with Gasteiger partial charge in [-0.25, -0.2) is 4.79 Å². The topological polar surface area (TPSA) is 68.5 Å². The average Bonchev–Trinajstić information content (AvgIpc) is 2.65. The van der Waals surface area contributed by atoms with Crippen LogP contribution >= 0.6 is 15.9 Å². The molecule has 1 atom stereocenters. The molecule has 5 nitrogen and oxygen atoms in total. The van der Waals surface area contributed by atoms with Crippen LogP contribution in [0.3, 0.4) is 0 Å². The van der Waals surface area contributed by atoms with Crippen molar-refractivity contribution in [3.8, 4) is 0 Å². The fraction of sp³-hybridized carbons (Fsp3) is 0.400. The van der Waals surface area contributed by atoms with Crippen molar-refractivity contribution < 1.29 is 9.53 Å². The molecule has 1 saturated heterocycles. The Morgan fingerprint density at radius 1 is 1.62 bits per heavy atom. The van der Waals surface area contributed by atoms with Crippen molar-refractivity contribution in [3.05, 3.63) is 22.9 Å². The van der Waals surface area contributed by atoms with Gasteiger partial charge >= 0.3 is 6.09 Å². The molecule has 0 radical (unpaired) electrons. The van der Waals surface area contributed by atoms with Gasteiger partial charge in [-0.1, -0.05) is 0 Å². The number of halogens is 1. The second-order valence-electron chi connectivity index (χ2n) is 3.65. The van der Waals surface area contributed by atoms with E-state index >= 15 is 0 Å². The average molecular weight is 286 g/mol. The van der Waals surface area contributed by atoms with Crippen molar-refractivity contribution in [2.24, 2.45) is 5.73 Å². The Morgan fingerprint density at radius 3 is 3.12 bits per heavy atom. The Labute approximate surface area is 102 Å². The molecule has 1 aliphatic heterocycles. The van der Waals surface area contributed by atoms with Gasteiger partial charge in [0.2, 0.25) is 0 Å². The second-order valence-corrected chi connectivity index (χ2v) is 4.57. The normalized spacial score (nSPS) is 19.8. The molecule has 1 aliphatic rings. The van der Waals surface area contributed by atoms with Gasteiger partial charge in [-0.15, -0.1) is 0 Å². The van der Waals surface area contributed by atoms with Crippen LogP contribution in [-0.4, -0.2) is 30.3 Å². The first-order chi connectivity index (χ1) is 7.65. The standard InChI is InChI=1S/C10H12BrN3O2/c11-7-3-8(5-13-4-7)14-2-1-9(6-14)16-10(12)15/h3-5,9H,1-2,6H2,(H2,12,15). The summed E-state index contributed by atoms with van der Waals surface area (Å²) in [5.74, 6) is 0. The summed E-state index contributed by atoms with van der Waals surface area (Å²) in [6, 6.07) is 1.99. The van der Waals surface area contributed by atoms with Crippen molar-refractivity contribution in [2.75, 3.05) is 18.0 Å². The van der Waals surface area contributed by atoms with Gasteiger partial charge in [0.05, 0.1) is 18.4 Å². The maximum Gasteiger partial charge on any atom is 0.404 e. The Kier molecular flexibility index (Phi) is 3.28. The minimum Gasteiger partial charge on any atom is -0.444 e. The van der Waals surface area contributed by atoms with Crippen LogP contribution in [0.2, 0.25) is 0 Å². The maximum atomic E-state index is 10.6. The van der Waals surface area contributed by atoms with Crippen LogP contribution in [0.5, 0.6) is 0 Å². The van der Waals surface area contributed by atoms with Crippen LogP contribution in [0.15, 0.2) is 22.9 Å². The molecule has 1 aromatic heterocycles. The number of rotatable bonds is 2. The molecule has 0 aromatic carbocycles. The smallest absolute Gasteiger partial charge is 0.404 e. The molecule has 16 heavy (non-hydrogen) atoms. The van der Waals surface area contributed by atoms with Gasteiger partial charge in [0.15, 0.2) is 0 Å². The van der Waals surface area contributed by atoms with Gasteiger partial charge in [-0.2, -0.15) is 0 Å². The zero-order valence-corrected chi connectivity index (χ0v) is 10.2. The number of primary amides is 1. The van der Waals surface area contributed by atoms with Gasteiger partial charge in [-0.05, 0) is 22.0 Å². The van der Waals surface area contributed by atoms with Gasteiger partial charge in [-0.3, -0.25) is 4.98 Å². The third kappa shape index (κ3) is 2.63. The van der Waals surface area contributed by atoms with E-state index in [9.17, 15) is 4.79 Å². The molecule has 0 spiro atoms. The number of pyridine rings is 1. The quantitative estimate of drug-likeness (QED) is 0.895. The van der Waals surface area contributed by atoms with Crippen LogP contribution in [0, 0.1) is 0 Å². The Balaban J connectivity index is 2.00. The highest BCUT2D eigenvalue weighted by Crippen LogP contribution is 2.23. The Bertz CT molecular complexity index is 399. The number of nitrogens with zero attached hydrogens (tertiary/aromatic N) is 2. The van der Waals surface area contributed by atoms with Crippen molar-refractivity contribution >= 4 is 27.7 Å². The number of nitrogens with two attached hydrogens (primary N) is 1. The third-order valence-electron chi connectivity index (χ3n) is 2.48. The number of hydrogen-bond donors (Lipinski definition) is 1. The zero-order chi connectivity index (χ0) is 11.5. The molecule has 2 heterocycles. The minimum absolute atomic E-state index is 0.114. The van der Waals surface area contributed by atoms with Crippen molar-refractivity contribution in [1.82, 2.24) is 4.98 Å². The lowest BCUT2D eigenvalue weighted by molar-refractivity contribution is 0.117. The monoisotopic (exact) mass is 285 g/mol. The number of carbonyl (C=O) groups is 1. The Morgan fingerprint density at radius 2 is 2.44 bits per heavy atom. The summed E-state index contributed by atoms with van der Waals surface area (Å²) in [5, 5.41) is 0. The van der Waals surface area contributed by atoms with Crippen LogP contribution in [0.25, 0.3) is 0 Å². The highest BCUT2D eigenvalue weighted by atomic mass is 79.9. The van der Waals surface area contributed by atoms with E-state index in [4.69, 9.17) is 10.5 Å². The first-order valence-electron chi connectivity index (χ1n) is 4.97. The van der Waals surface area contributed by atoms with Crippen LogP contribution in [0.4, 0.5) is 10.5 Å². The number of anilines is 1. The zero-order valence-electron chi connectivity index (χ0n) is 8.60. The molecule has 2 N–H and O–H groups in total. The van der Waals surface area contributed by atoms with E-state index in [-0.39, 0.29) is 6.10 Å². The molecule has 0 bridgehead atoms. The largest absolute Gasteiger partial charge is 0.444 e.